The number of carbonyl (C=O) groups is 3. The molecule has 3 aliphatic rings. The summed E-state index contributed by atoms with van der Waals surface area (Å²) in [4.78, 5) is 40.9. The lowest BCUT2D eigenvalue weighted by Gasteiger charge is -2.30. The molecule has 2 saturated heterocycles. The predicted molar refractivity (Wildman–Crippen MR) is 97.3 cm³/mol. The number of nitrogens with one attached hydrogen (secondary N) is 2. The molecule has 5 atom stereocenters. The molecule has 26 heavy (non-hydrogen) atoms. The number of hydrogen-bond donors (Lipinski definition) is 2. The van der Waals surface area contributed by atoms with E-state index in [4.69, 9.17) is 0 Å². The van der Waals surface area contributed by atoms with E-state index in [0.717, 1.165) is 23.2 Å². The number of rotatable bonds is 3. The highest BCUT2D eigenvalue weighted by Gasteiger charge is 2.70. The second kappa shape index (κ2) is 5.64. The van der Waals surface area contributed by atoms with Crippen molar-refractivity contribution >= 4 is 23.4 Å². The normalized spacial score (nSPS) is 33.6. The van der Waals surface area contributed by atoms with Gasteiger partial charge in [-0.25, -0.2) is 0 Å². The largest absolute Gasteiger partial charge is 0.324 e. The zero-order chi connectivity index (χ0) is 18.8. The Bertz CT molecular complexity index is 821. The number of hydrogen-bond acceptors (Lipinski definition) is 4. The Labute approximate surface area is 153 Å². The zero-order valence-corrected chi connectivity index (χ0v) is 15.6. The molecular weight excluding hydrogens is 330 g/mol. The molecule has 0 saturated carbocycles. The van der Waals surface area contributed by atoms with Crippen LogP contribution in [0.1, 0.15) is 45.2 Å². The number of carbonyl (C=O) groups excluding carboxylic acids is 3. The Morgan fingerprint density at radius 1 is 1.19 bits per heavy atom. The van der Waals surface area contributed by atoms with Crippen molar-refractivity contribution in [2.75, 3.05) is 5.32 Å². The van der Waals surface area contributed by atoms with Gasteiger partial charge in [0.25, 0.3) is 0 Å². The van der Waals surface area contributed by atoms with E-state index < -0.39 is 17.4 Å². The van der Waals surface area contributed by atoms with Gasteiger partial charge in [0.05, 0.1) is 11.8 Å². The summed E-state index contributed by atoms with van der Waals surface area (Å²) in [6.45, 7) is 7.78. The van der Waals surface area contributed by atoms with Crippen LogP contribution in [-0.4, -0.2) is 34.7 Å². The number of benzene rings is 1. The summed E-state index contributed by atoms with van der Waals surface area (Å²) in [5.74, 6) is -1.79. The molecule has 138 valence electrons. The number of amides is 3. The van der Waals surface area contributed by atoms with E-state index in [-0.39, 0.29) is 29.8 Å². The second-order valence-electron chi connectivity index (χ2n) is 7.70. The summed E-state index contributed by atoms with van der Waals surface area (Å²) in [5, 5.41) is 6.34. The molecule has 1 spiro atoms. The van der Waals surface area contributed by atoms with Crippen molar-refractivity contribution in [2.24, 2.45) is 11.8 Å². The van der Waals surface area contributed by atoms with Gasteiger partial charge in [-0.2, -0.15) is 0 Å². The average Bonchev–Trinajstić information content (AvgIpc) is 3.19. The van der Waals surface area contributed by atoms with Crippen molar-refractivity contribution in [2.45, 2.75) is 58.2 Å². The van der Waals surface area contributed by atoms with Crippen molar-refractivity contribution in [1.29, 1.82) is 0 Å². The first kappa shape index (κ1) is 17.2. The monoisotopic (exact) mass is 355 g/mol. The molecule has 6 nitrogen and oxygen atoms in total. The number of anilines is 1. The first-order chi connectivity index (χ1) is 12.4. The van der Waals surface area contributed by atoms with Crippen molar-refractivity contribution in [3.63, 3.8) is 0 Å². The molecule has 1 aromatic rings. The molecule has 1 aromatic carbocycles. The minimum atomic E-state index is -1.15. The smallest absolute Gasteiger partial charge is 0.250 e. The third kappa shape index (κ3) is 1.88. The summed E-state index contributed by atoms with van der Waals surface area (Å²) in [6.07, 6.45) is 1.49. The molecule has 2 N–H and O–H groups in total. The first-order valence-electron chi connectivity index (χ1n) is 9.46. The molecule has 0 aromatic heterocycles. The van der Waals surface area contributed by atoms with Crippen LogP contribution in [0.5, 0.6) is 0 Å². The van der Waals surface area contributed by atoms with Crippen LogP contribution < -0.4 is 10.6 Å². The average molecular weight is 355 g/mol. The summed E-state index contributed by atoms with van der Waals surface area (Å²) in [7, 11) is 0. The van der Waals surface area contributed by atoms with Crippen LogP contribution >= 0.6 is 0 Å². The summed E-state index contributed by atoms with van der Waals surface area (Å²) in [6, 6.07) is 5.41. The van der Waals surface area contributed by atoms with Gasteiger partial charge in [-0.15, -0.1) is 0 Å². The molecule has 4 rings (SSSR count). The third-order valence-corrected chi connectivity index (χ3v) is 6.43. The summed E-state index contributed by atoms with van der Waals surface area (Å²) < 4.78 is 0. The fourth-order valence-electron chi connectivity index (χ4n) is 4.99. The lowest BCUT2D eigenvalue weighted by atomic mass is 9.76. The van der Waals surface area contributed by atoms with Gasteiger partial charge in [0.15, 0.2) is 0 Å². The molecule has 0 radical (unpaired) electrons. The number of imide groups is 1. The van der Waals surface area contributed by atoms with E-state index in [2.05, 4.69) is 10.6 Å². The Morgan fingerprint density at radius 2 is 1.92 bits per heavy atom. The van der Waals surface area contributed by atoms with E-state index in [1.807, 2.05) is 45.9 Å². The molecular formula is C20H25N3O3. The third-order valence-electron chi connectivity index (χ3n) is 6.43. The van der Waals surface area contributed by atoms with E-state index >= 15 is 0 Å². The van der Waals surface area contributed by atoms with Crippen molar-refractivity contribution in [3.8, 4) is 0 Å². The van der Waals surface area contributed by atoms with E-state index in [0.29, 0.717) is 6.42 Å². The Balaban J connectivity index is 1.89. The maximum atomic E-state index is 13.3. The standard InChI is InChI=1S/C20H25N3O3/c1-5-10(3)23-17(24)14-11(4)22-20(15(14)18(23)25)13-9-7-8-12(6-2)16(13)21-19(20)26/h7-11,14-15,22H,5-6H2,1-4H3,(H,21,26). The van der Waals surface area contributed by atoms with Crippen LogP contribution in [0.25, 0.3) is 0 Å². The van der Waals surface area contributed by atoms with Crippen molar-refractivity contribution in [3.05, 3.63) is 29.3 Å². The molecule has 6 heteroatoms. The molecule has 3 amide bonds. The van der Waals surface area contributed by atoms with Gasteiger partial charge in [-0.1, -0.05) is 32.0 Å². The highest BCUT2D eigenvalue weighted by atomic mass is 16.2. The van der Waals surface area contributed by atoms with Crippen LogP contribution in [0.2, 0.25) is 0 Å². The van der Waals surface area contributed by atoms with E-state index in [9.17, 15) is 14.4 Å². The fraction of sp³-hybridized carbons (Fsp3) is 0.550. The Morgan fingerprint density at radius 3 is 2.58 bits per heavy atom. The van der Waals surface area contributed by atoms with Crippen LogP contribution in [-0.2, 0) is 26.3 Å². The van der Waals surface area contributed by atoms with Crippen molar-refractivity contribution < 1.29 is 14.4 Å². The van der Waals surface area contributed by atoms with Gasteiger partial charge in [-0.3, -0.25) is 24.6 Å². The fourth-order valence-corrected chi connectivity index (χ4v) is 4.99. The maximum Gasteiger partial charge on any atom is 0.250 e. The van der Waals surface area contributed by atoms with E-state index in [1.54, 1.807) is 0 Å². The van der Waals surface area contributed by atoms with E-state index in [1.165, 1.54) is 4.90 Å². The summed E-state index contributed by atoms with van der Waals surface area (Å²) in [5.41, 5.74) is 1.48. The van der Waals surface area contributed by atoms with Gasteiger partial charge in [0.2, 0.25) is 17.7 Å². The van der Waals surface area contributed by atoms with Crippen LogP contribution in [0.3, 0.4) is 0 Å². The molecule has 5 unspecified atom stereocenters. The van der Waals surface area contributed by atoms with Crippen LogP contribution in [0, 0.1) is 11.8 Å². The van der Waals surface area contributed by atoms with Crippen LogP contribution in [0.15, 0.2) is 18.2 Å². The lowest BCUT2D eigenvalue weighted by molar-refractivity contribution is -0.145. The minimum absolute atomic E-state index is 0.154. The highest BCUT2D eigenvalue weighted by Crippen LogP contribution is 2.53. The number of para-hydroxylation sites is 1. The first-order valence-corrected chi connectivity index (χ1v) is 9.46. The van der Waals surface area contributed by atoms with Gasteiger partial charge >= 0.3 is 0 Å². The van der Waals surface area contributed by atoms with Crippen LogP contribution in [0.4, 0.5) is 5.69 Å². The molecule has 3 aliphatic heterocycles. The predicted octanol–water partition coefficient (Wildman–Crippen LogP) is 1.79. The topological polar surface area (TPSA) is 78.5 Å². The minimum Gasteiger partial charge on any atom is -0.324 e. The molecule has 3 heterocycles. The number of likely N-dealkylation sites (tertiary alicyclic amines) is 1. The maximum absolute atomic E-state index is 13.3. The summed E-state index contributed by atoms with van der Waals surface area (Å²) >= 11 is 0. The zero-order valence-electron chi connectivity index (χ0n) is 15.6. The molecule has 2 fully saturated rings. The quantitative estimate of drug-likeness (QED) is 0.811. The highest BCUT2D eigenvalue weighted by molar-refractivity contribution is 6.15. The van der Waals surface area contributed by atoms with Gasteiger partial charge in [0.1, 0.15) is 5.54 Å². The molecule has 0 aliphatic carbocycles. The Hall–Kier alpha value is -2.21. The van der Waals surface area contributed by atoms with Crippen molar-refractivity contribution in [1.82, 2.24) is 10.2 Å². The lowest BCUT2D eigenvalue weighted by Crippen LogP contribution is -2.53. The SMILES string of the molecule is CCc1cccc2c1NC(=O)C21NC(C)C2C(=O)N(C(C)CC)C(=O)C21. The van der Waals surface area contributed by atoms with Gasteiger partial charge < -0.3 is 5.32 Å². The number of nitrogens with zero attached hydrogens (tertiary/aromatic N) is 1. The number of fused-ring (bicyclic) bond motifs is 4. The second-order valence-corrected chi connectivity index (χ2v) is 7.70. The van der Waals surface area contributed by atoms with Gasteiger partial charge in [0, 0.05) is 23.3 Å². The molecule has 0 bridgehead atoms. The van der Waals surface area contributed by atoms with Gasteiger partial charge in [-0.05, 0) is 32.3 Å². The number of aryl methyl sites for hydroxylation is 1. The Kier molecular flexibility index (Phi) is 3.74.